The maximum absolute atomic E-state index is 12.0. The summed E-state index contributed by atoms with van der Waals surface area (Å²) in [6, 6.07) is 10.6. The van der Waals surface area contributed by atoms with E-state index in [1.165, 1.54) is 28.8 Å². The molecule has 0 radical (unpaired) electrons. The Hall–Kier alpha value is -2.38. The van der Waals surface area contributed by atoms with Gasteiger partial charge in [0.2, 0.25) is 15.9 Å². The normalized spacial score (nSPS) is 11.3. The van der Waals surface area contributed by atoms with Crippen molar-refractivity contribution in [2.45, 2.75) is 38.5 Å². The number of nitrogens with one attached hydrogen (secondary N) is 2. The summed E-state index contributed by atoms with van der Waals surface area (Å²) in [6.45, 7) is 7.25. The minimum atomic E-state index is -3.67. The lowest BCUT2D eigenvalue weighted by atomic mass is 10.1. The Kier molecular flexibility index (Phi) is 6.98. The van der Waals surface area contributed by atoms with Crippen molar-refractivity contribution in [3.8, 4) is 0 Å². The Morgan fingerprint density at radius 1 is 1.00 bits per heavy atom. The molecule has 0 heterocycles. The maximum atomic E-state index is 12.0. The molecule has 0 atom stereocenters. The molecular formula is C20H27N3O3S. The van der Waals surface area contributed by atoms with Gasteiger partial charge in [0, 0.05) is 25.2 Å². The number of carbonyl (C=O) groups is 1. The topological polar surface area (TPSA) is 101 Å². The van der Waals surface area contributed by atoms with E-state index in [2.05, 4.69) is 43.5 Å². The van der Waals surface area contributed by atoms with E-state index in [1.54, 1.807) is 12.1 Å². The molecule has 2 aromatic rings. The molecule has 0 aliphatic heterocycles. The lowest BCUT2D eigenvalue weighted by molar-refractivity contribution is -0.120. The molecule has 0 unspecified atom stereocenters. The van der Waals surface area contributed by atoms with Crippen molar-refractivity contribution in [2.75, 3.05) is 18.4 Å². The molecule has 0 aromatic heterocycles. The first-order chi connectivity index (χ1) is 12.7. The Balaban J connectivity index is 1.74. The Morgan fingerprint density at radius 3 is 2.15 bits per heavy atom. The van der Waals surface area contributed by atoms with E-state index in [-0.39, 0.29) is 10.8 Å². The van der Waals surface area contributed by atoms with Crippen LogP contribution in [-0.4, -0.2) is 27.4 Å². The molecule has 4 N–H and O–H groups in total. The number of nitrogens with two attached hydrogens (primary N) is 1. The number of hydrogen-bond acceptors (Lipinski definition) is 4. The third kappa shape index (κ3) is 6.37. The second kappa shape index (κ2) is 9.01. The van der Waals surface area contributed by atoms with Crippen LogP contribution < -0.4 is 15.8 Å². The third-order valence-electron chi connectivity index (χ3n) is 4.32. The van der Waals surface area contributed by atoms with Crippen molar-refractivity contribution in [1.29, 1.82) is 0 Å². The van der Waals surface area contributed by atoms with Gasteiger partial charge in [-0.2, -0.15) is 0 Å². The van der Waals surface area contributed by atoms with Gasteiger partial charge in [0.15, 0.2) is 0 Å². The highest BCUT2D eigenvalue weighted by Gasteiger charge is 2.07. The number of aryl methyl sites for hydroxylation is 3. The highest BCUT2D eigenvalue weighted by molar-refractivity contribution is 7.89. The summed E-state index contributed by atoms with van der Waals surface area (Å²) in [7, 11) is -3.67. The van der Waals surface area contributed by atoms with Crippen molar-refractivity contribution in [3.05, 3.63) is 58.7 Å². The van der Waals surface area contributed by atoms with Crippen molar-refractivity contribution >= 4 is 21.6 Å². The second-order valence-electron chi connectivity index (χ2n) is 6.74. The van der Waals surface area contributed by atoms with Crippen LogP contribution >= 0.6 is 0 Å². The van der Waals surface area contributed by atoms with E-state index in [9.17, 15) is 13.2 Å². The smallest absolute Gasteiger partial charge is 0.238 e. The minimum absolute atomic E-state index is 0.0222. The number of amides is 1. The van der Waals surface area contributed by atoms with Crippen molar-refractivity contribution in [3.63, 3.8) is 0 Å². The largest absolute Gasteiger partial charge is 0.384 e. The quantitative estimate of drug-likeness (QED) is 0.645. The van der Waals surface area contributed by atoms with Gasteiger partial charge in [-0.3, -0.25) is 4.79 Å². The van der Waals surface area contributed by atoms with Crippen molar-refractivity contribution in [1.82, 2.24) is 5.32 Å². The van der Waals surface area contributed by atoms with Gasteiger partial charge in [-0.05, 0) is 56.0 Å². The predicted molar refractivity (Wildman–Crippen MR) is 108 cm³/mol. The third-order valence-corrected chi connectivity index (χ3v) is 5.25. The molecule has 0 spiro atoms. The highest BCUT2D eigenvalue weighted by Crippen LogP contribution is 2.21. The van der Waals surface area contributed by atoms with Crippen LogP contribution in [0.2, 0.25) is 0 Å². The summed E-state index contributed by atoms with van der Waals surface area (Å²) in [6.07, 6.45) is 1.01. The Bertz CT molecular complexity index is 884. The van der Waals surface area contributed by atoms with Gasteiger partial charge < -0.3 is 10.6 Å². The van der Waals surface area contributed by atoms with Crippen LogP contribution in [0.25, 0.3) is 0 Å². The average molecular weight is 390 g/mol. The van der Waals surface area contributed by atoms with Gasteiger partial charge in [0.1, 0.15) is 0 Å². The number of primary sulfonamides is 1. The number of hydrogen-bond donors (Lipinski definition) is 3. The first-order valence-corrected chi connectivity index (χ1v) is 10.4. The van der Waals surface area contributed by atoms with Crippen molar-refractivity contribution in [2.24, 2.45) is 5.14 Å². The number of anilines is 1. The number of carbonyl (C=O) groups excluding carboxylic acids is 1. The fourth-order valence-electron chi connectivity index (χ4n) is 3.04. The van der Waals surface area contributed by atoms with Crippen LogP contribution in [0.4, 0.5) is 5.69 Å². The fraction of sp³-hybridized carbons (Fsp3) is 0.350. The Morgan fingerprint density at radius 2 is 1.59 bits per heavy atom. The summed E-state index contributed by atoms with van der Waals surface area (Å²) in [5.41, 5.74) is 5.60. The molecule has 0 saturated carbocycles. The molecule has 0 bridgehead atoms. The Labute approximate surface area is 161 Å². The van der Waals surface area contributed by atoms with E-state index >= 15 is 0 Å². The van der Waals surface area contributed by atoms with Crippen LogP contribution in [0, 0.1) is 20.8 Å². The fourth-order valence-corrected chi connectivity index (χ4v) is 3.56. The molecule has 2 rings (SSSR count). The molecule has 7 heteroatoms. The average Bonchev–Trinajstić information content (AvgIpc) is 2.57. The van der Waals surface area contributed by atoms with Crippen molar-refractivity contribution < 1.29 is 13.2 Å². The van der Waals surface area contributed by atoms with Gasteiger partial charge in [-0.15, -0.1) is 0 Å². The van der Waals surface area contributed by atoms with E-state index in [0.29, 0.717) is 25.9 Å². The van der Waals surface area contributed by atoms with Gasteiger partial charge in [-0.25, -0.2) is 13.6 Å². The summed E-state index contributed by atoms with van der Waals surface area (Å²) in [4.78, 5) is 12.1. The summed E-state index contributed by atoms with van der Waals surface area (Å²) >= 11 is 0. The highest BCUT2D eigenvalue weighted by atomic mass is 32.2. The van der Waals surface area contributed by atoms with E-state index in [4.69, 9.17) is 5.14 Å². The molecular weight excluding hydrogens is 362 g/mol. The molecule has 0 saturated heterocycles. The first-order valence-electron chi connectivity index (χ1n) is 8.87. The van der Waals surface area contributed by atoms with E-state index < -0.39 is 10.0 Å². The van der Waals surface area contributed by atoms with Crippen LogP contribution in [0.1, 0.15) is 28.7 Å². The molecule has 0 aliphatic rings. The SMILES string of the molecule is Cc1cc(C)c(NCCC(=O)NCCc2ccc(S(N)(=O)=O)cc2)c(C)c1. The molecule has 146 valence electrons. The van der Waals surface area contributed by atoms with Crippen LogP contribution in [0.5, 0.6) is 0 Å². The number of rotatable bonds is 8. The molecule has 1 amide bonds. The molecule has 0 aliphatic carbocycles. The predicted octanol–water partition coefficient (Wildman–Crippen LogP) is 2.42. The summed E-state index contributed by atoms with van der Waals surface area (Å²) in [5, 5.41) is 11.3. The molecule has 27 heavy (non-hydrogen) atoms. The van der Waals surface area contributed by atoms with Gasteiger partial charge >= 0.3 is 0 Å². The minimum Gasteiger partial charge on any atom is -0.384 e. The summed E-state index contributed by atoms with van der Waals surface area (Å²) in [5.74, 6) is -0.0222. The maximum Gasteiger partial charge on any atom is 0.238 e. The van der Waals surface area contributed by atoms with Gasteiger partial charge in [0.25, 0.3) is 0 Å². The lowest BCUT2D eigenvalue weighted by Crippen LogP contribution is -2.27. The van der Waals surface area contributed by atoms with Gasteiger partial charge in [0.05, 0.1) is 4.90 Å². The molecule has 6 nitrogen and oxygen atoms in total. The number of sulfonamides is 1. The molecule has 2 aromatic carbocycles. The van der Waals surface area contributed by atoms with Crippen LogP contribution in [0.15, 0.2) is 41.3 Å². The van der Waals surface area contributed by atoms with Crippen LogP contribution in [-0.2, 0) is 21.2 Å². The van der Waals surface area contributed by atoms with E-state index in [1.807, 2.05) is 0 Å². The van der Waals surface area contributed by atoms with Crippen LogP contribution in [0.3, 0.4) is 0 Å². The lowest BCUT2D eigenvalue weighted by Gasteiger charge is -2.14. The number of benzene rings is 2. The summed E-state index contributed by atoms with van der Waals surface area (Å²) < 4.78 is 22.4. The monoisotopic (exact) mass is 389 g/mol. The first kappa shape index (κ1) is 20.9. The standard InChI is InChI=1S/C20H27N3O3S/c1-14-12-15(2)20(16(3)13-14)23-11-9-19(24)22-10-8-17-4-6-18(7-5-17)27(21,25)26/h4-7,12-13,23H,8-11H2,1-3H3,(H,22,24)(H2,21,25,26). The molecule has 0 fully saturated rings. The zero-order valence-electron chi connectivity index (χ0n) is 16.0. The van der Waals surface area contributed by atoms with Gasteiger partial charge in [-0.1, -0.05) is 29.8 Å². The zero-order chi connectivity index (χ0) is 20.0. The van der Waals surface area contributed by atoms with E-state index in [0.717, 1.165) is 11.3 Å². The zero-order valence-corrected chi connectivity index (χ0v) is 16.8. The second-order valence-corrected chi connectivity index (χ2v) is 8.30.